The summed E-state index contributed by atoms with van der Waals surface area (Å²) in [5.41, 5.74) is 0.880. The maximum atomic E-state index is 13.5. The lowest BCUT2D eigenvalue weighted by molar-refractivity contribution is -0.147. The molecular weight excluding hydrogens is 397 g/mol. The third-order valence-corrected chi connectivity index (χ3v) is 5.97. The first-order chi connectivity index (χ1) is 14.4. The van der Waals surface area contributed by atoms with Crippen LogP contribution in [-0.2, 0) is 22.3 Å². The Labute approximate surface area is 173 Å². The molecule has 1 N–H and O–H groups in total. The van der Waals surface area contributed by atoms with Crippen LogP contribution in [0.15, 0.2) is 24.3 Å². The van der Waals surface area contributed by atoms with Crippen molar-refractivity contribution in [1.82, 2.24) is 19.8 Å². The van der Waals surface area contributed by atoms with Crippen molar-refractivity contribution < 1.29 is 22.7 Å². The number of piperidine rings is 1. The molecule has 2 saturated heterocycles. The maximum Gasteiger partial charge on any atom is 0.449 e. The smallest absolute Gasteiger partial charge is 0.376 e. The molecule has 1 aromatic heterocycles. The summed E-state index contributed by atoms with van der Waals surface area (Å²) >= 11 is 0. The second-order valence-electron chi connectivity index (χ2n) is 8.19. The lowest BCUT2D eigenvalue weighted by Crippen LogP contribution is -2.43. The van der Waals surface area contributed by atoms with Crippen molar-refractivity contribution in [2.45, 2.75) is 44.5 Å². The molecule has 2 fully saturated rings. The van der Waals surface area contributed by atoms with E-state index in [0.717, 1.165) is 32.3 Å². The molecule has 0 aliphatic carbocycles. The second kappa shape index (κ2) is 8.93. The number of nitrogens with zero attached hydrogens (tertiary/aromatic N) is 3. The van der Waals surface area contributed by atoms with Gasteiger partial charge in [-0.3, -0.25) is 9.69 Å². The highest BCUT2D eigenvalue weighted by atomic mass is 19.4. The van der Waals surface area contributed by atoms with E-state index in [1.807, 2.05) is 0 Å². The number of hydrogen-bond donors (Lipinski definition) is 1. The first-order valence-electron chi connectivity index (χ1n) is 10.5. The Hall–Kier alpha value is -2.13. The van der Waals surface area contributed by atoms with E-state index in [1.165, 1.54) is 4.57 Å². The normalized spacial score (nSPS) is 21.4. The van der Waals surface area contributed by atoms with Crippen molar-refractivity contribution in [3.05, 3.63) is 30.1 Å². The van der Waals surface area contributed by atoms with Gasteiger partial charge in [0.2, 0.25) is 11.7 Å². The van der Waals surface area contributed by atoms with E-state index in [2.05, 4.69) is 15.2 Å². The zero-order valence-electron chi connectivity index (χ0n) is 16.8. The standard InChI is InChI=1S/C21H27F3N4O2/c22-21(23,24)20-26-17-5-1-2-6-18(17)28(20)13-15-7-9-27(10-8-15)14-19(29)25-12-16-4-3-11-30-16/h1-2,5-6,15-16H,3-4,7-14H2,(H,25,29)/t16-/m0/s1. The monoisotopic (exact) mass is 424 g/mol. The van der Waals surface area contributed by atoms with Crippen molar-refractivity contribution in [2.75, 3.05) is 32.8 Å². The quantitative estimate of drug-likeness (QED) is 0.775. The Balaban J connectivity index is 1.31. The number of aromatic nitrogens is 2. The van der Waals surface area contributed by atoms with Gasteiger partial charge in [0.05, 0.1) is 23.7 Å². The predicted octanol–water partition coefficient (Wildman–Crippen LogP) is 3.06. The number of halogens is 3. The highest BCUT2D eigenvalue weighted by Gasteiger charge is 2.38. The topological polar surface area (TPSA) is 59.4 Å². The van der Waals surface area contributed by atoms with Gasteiger partial charge in [0.1, 0.15) is 0 Å². The molecule has 1 atom stereocenters. The summed E-state index contributed by atoms with van der Waals surface area (Å²) < 4.78 is 47.3. The number of imidazole rings is 1. The first-order valence-corrected chi connectivity index (χ1v) is 10.5. The summed E-state index contributed by atoms with van der Waals surface area (Å²) in [7, 11) is 0. The van der Waals surface area contributed by atoms with E-state index in [9.17, 15) is 18.0 Å². The Morgan fingerprint density at radius 3 is 2.67 bits per heavy atom. The highest BCUT2D eigenvalue weighted by molar-refractivity contribution is 5.78. The Morgan fingerprint density at radius 2 is 1.97 bits per heavy atom. The SMILES string of the molecule is O=C(CN1CCC(Cn2c(C(F)(F)F)nc3ccccc32)CC1)NC[C@@H]1CCCO1. The molecule has 0 unspecified atom stereocenters. The molecular formula is C21H27F3N4O2. The third-order valence-electron chi connectivity index (χ3n) is 5.97. The van der Waals surface area contributed by atoms with E-state index in [4.69, 9.17) is 4.74 Å². The minimum Gasteiger partial charge on any atom is -0.376 e. The zero-order chi connectivity index (χ0) is 21.1. The van der Waals surface area contributed by atoms with Crippen molar-refractivity contribution in [1.29, 1.82) is 0 Å². The number of hydrogen-bond acceptors (Lipinski definition) is 4. The van der Waals surface area contributed by atoms with Crippen LogP contribution in [0.5, 0.6) is 0 Å². The Morgan fingerprint density at radius 1 is 1.20 bits per heavy atom. The molecule has 2 aliphatic heterocycles. The van der Waals surface area contributed by atoms with Crippen LogP contribution >= 0.6 is 0 Å². The Bertz CT molecular complexity index is 869. The number of carbonyl (C=O) groups excluding carboxylic acids is 1. The number of benzene rings is 1. The summed E-state index contributed by atoms with van der Waals surface area (Å²) in [4.78, 5) is 18.1. The number of fused-ring (bicyclic) bond motifs is 1. The van der Waals surface area contributed by atoms with Crippen LogP contribution < -0.4 is 5.32 Å². The van der Waals surface area contributed by atoms with Crippen molar-refractivity contribution in [2.24, 2.45) is 5.92 Å². The second-order valence-corrected chi connectivity index (χ2v) is 8.19. The number of carbonyl (C=O) groups is 1. The number of ether oxygens (including phenoxy) is 1. The minimum atomic E-state index is -4.49. The van der Waals surface area contributed by atoms with Gasteiger partial charge in [-0.1, -0.05) is 12.1 Å². The van der Waals surface area contributed by atoms with Crippen molar-refractivity contribution in [3.63, 3.8) is 0 Å². The first kappa shape index (κ1) is 21.1. The lowest BCUT2D eigenvalue weighted by atomic mass is 9.96. The molecule has 4 rings (SSSR count). The van der Waals surface area contributed by atoms with Gasteiger partial charge < -0.3 is 14.6 Å². The molecule has 2 aliphatic rings. The van der Waals surface area contributed by atoms with E-state index in [0.29, 0.717) is 37.2 Å². The summed E-state index contributed by atoms with van der Waals surface area (Å²) in [6.07, 6.45) is -0.843. The fourth-order valence-electron chi connectivity index (χ4n) is 4.35. The summed E-state index contributed by atoms with van der Waals surface area (Å²) in [5.74, 6) is -0.738. The summed E-state index contributed by atoms with van der Waals surface area (Å²) in [5, 5.41) is 2.92. The number of nitrogens with one attached hydrogen (secondary N) is 1. The molecule has 0 bridgehead atoms. The molecule has 3 heterocycles. The minimum absolute atomic E-state index is 0.0242. The van der Waals surface area contributed by atoms with Crippen LogP contribution in [0.2, 0.25) is 0 Å². The molecule has 0 radical (unpaired) electrons. The van der Waals surface area contributed by atoms with Gasteiger partial charge in [-0.05, 0) is 56.8 Å². The van der Waals surface area contributed by atoms with E-state index in [-0.39, 0.29) is 24.5 Å². The lowest BCUT2D eigenvalue weighted by Gasteiger charge is -2.32. The number of alkyl halides is 3. The van der Waals surface area contributed by atoms with Crippen LogP contribution in [0.4, 0.5) is 13.2 Å². The van der Waals surface area contributed by atoms with Crippen LogP contribution in [0.25, 0.3) is 11.0 Å². The number of amides is 1. The molecule has 9 heteroatoms. The maximum absolute atomic E-state index is 13.5. The molecule has 1 aromatic carbocycles. The van der Waals surface area contributed by atoms with Crippen LogP contribution in [0.1, 0.15) is 31.5 Å². The molecule has 30 heavy (non-hydrogen) atoms. The van der Waals surface area contributed by atoms with Gasteiger partial charge in [-0.15, -0.1) is 0 Å². The van der Waals surface area contributed by atoms with E-state index < -0.39 is 12.0 Å². The molecule has 2 aromatic rings. The van der Waals surface area contributed by atoms with Gasteiger partial charge in [0.25, 0.3) is 0 Å². The van der Waals surface area contributed by atoms with Gasteiger partial charge >= 0.3 is 6.18 Å². The fraction of sp³-hybridized carbons (Fsp3) is 0.619. The molecule has 0 saturated carbocycles. The van der Waals surface area contributed by atoms with Gasteiger partial charge in [0.15, 0.2) is 0 Å². The number of likely N-dealkylation sites (tertiary alicyclic amines) is 1. The zero-order valence-corrected chi connectivity index (χ0v) is 16.8. The van der Waals surface area contributed by atoms with Crippen LogP contribution in [0.3, 0.4) is 0 Å². The van der Waals surface area contributed by atoms with Gasteiger partial charge in [-0.2, -0.15) is 13.2 Å². The van der Waals surface area contributed by atoms with E-state index >= 15 is 0 Å². The van der Waals surface area contributed by atoms with Crippen molar-refractivity contribution >= 4 is 16.9 Å². The molecule has 164 valence electrons. The molecule has 0 spiro atoms. The average molecular weight is 424 g/mol. The van der Waals surface area contributed by atoms with Crippen molar-refractivity contribution in [3.8, 4) is 0 Å². The third kappa shape index (κ3) is 4.95. The Kier molecular flexibility index (Phi) is 6.29. The summed E-state index contributed by atoms with van der Waals surface area (Å²) in [6, 6.07) is 6.73. The van der Waals surface area contributed by atoms with Crippen LogP contribution in [0, 0.1) is 5.92 Å². The van der Waals surface area contributed by atoms with Crippen LogP contribution in [-0.4, -0.2) is 59.2 Å². The van der Waals surface area contributed by atoms with Gasteiger partial charge in [0, 0.05) is 19.7 Å². The molecule has 6 nitrogen and oxygen atoms in total. The largest absolute Gasteiger partial charge is 0.449 e. The fourth-order valence-corrected chi connectivity index (χ4v) is 4.35. The summed E-state index contributed by atoms with van der Waals surface area (Å²) in [6.45, 7) is 3.31. The van der Waals surface area contributed by atoms with E-state index in [1.54, 1.807) is 24.3 Å². The average Bonchev–Trinajstić information content (AvgIpc) is 3.36. The number of rotatable bonds is 6. The number of para-hydroxylation sites is 2. The predicted molar refractivity (Wildman–Crippen MR) is 106 cm³/mol. The highest BCUT2D eigenvalue weighted by Crippen LogP contribution is 2.33. The van der Waals surface area contributed by atoms with Gasteiger partial charge in [-0.25, -0.2) is 4.98 Å². The molecule has 1 amide bonds.